The summed E-state index contributed by atoms with van der Waals surface area (Å²) in [4.78, 5) is 25.4. The van der Waals surface area contributed by atoms with Crippen LogP contribution >= 0.6 is 11.8 Å². The Morgan fingerprint density at radius 1 is 1.42 bits per heavy atom. The molecule has 5 nitrogen and oxygen atoms in total. The molecule has 24 heavy (non-hydrogen) atoms. The lowest BCUT2D eigenvalue weighted by molar-refractivity contribution is 0.0465. The zero-order valence-electron chi connectivity index (χ0n) is 13.7. The van der Waals surface area contributed by atoms with Crippen molar-refractivity contribution in [2.75, 3.05) is 13.4 Å². The highest BCUT2D eigenvalue weighted by molar-refractivity contribution is 7.98. The molecule has 0 atom stereocenters. The number of nitrogens with zero attached hydrogens (tertiary/aromatic N) is 1. The number of aromatic nitrogens is 1. The number of rotatable bonds is 5. The molecule has 128 valence electrons. The zero-order chi connectivity index (χ0) is 17.4. The van der Waals surface area contributed by atoms with Crippen molar-refractivity contribution in [1.29, 1.82) is 0 Å². The highest BCUT2D eigenvalue weighted by Crippen LogP contribution is 2.33. The SMILES string of the molecule is CCn1c(SC)c(C(=O)OC2CC2)c(=O)c2ccc(F)c(OC)c21. The van der Waals surface area contributed by atoms with Gasteiger partial charge in [0.2, 0.25) is 5.43 Å². The number of esters is 1. The number of carbonyl (C=O) groups is 1. The largest absolute Gasteiger partial charge is 0.492 e. The van der Waals surface area contributed by atoms with E-state index in [1.165, 1.54) is 31.0 Å². The van der Waals surface area contributed by atoms with E-state index in [-0.39, 0.29) is 22.8 Å². The highest BCUT2D eigenvalue weighted by atomic mass is 32.2. The van der Waals surface area contributed by atoms with Gasteiger partial charge in [0.1, 0.15) is 11.7 Å². The molecule has 1 saturated carbocycles. The molecule has 7 heteroatoms. The van der Waals surface area contributed by atoms with Crippen LogP contribution in [0.15, 0.2) is 22.0 Å². The number of hydrogen-bond donors (Lipinski definition) is 0. The average Bonchev–Trinajstić information content (AvgIpc) is 3.38. The second kappa shape index (κ2) is 6.47. The molecule has 0 bridgehead atoms. The molecule has 0 spiro atoms. The van der Waals surface area contributed by atoms with E-state index in [0.29, 0.717) is 17.1 Å². The van der Waals surface area contributed by atoms with Gasteiger partial charge in [-0.25, -0.2) is 9.18 Å². The summed E-state index contributed by atoms with van der Waals surface area (Å²) in [6.45, 7) is 2.32. The maximum atomic E-state index is 14.1. The van der Waals surface area contributed by atoms with Crippen LogP contribution in [0.5, 0.6) is 5.75 Å². The summed E-state index contributed by atoms with van der Waals surface area (Å²) in [5, 5.41) is 0.709. The summed E-state index contributed by atoms with van der Waals surface area (Å²) >= 11 is 1.26. The van der Waals surface area contributed by atoms with E-state index >= 15 is 0 Å². The predicted octanol–water partition coefficient (Wildman–Crippen LogP) is 3.21. The maximum absolute atomic E-state index is 14.1. The highest BCUT2D eigenvalue weighted by Gasteiger charge is 2.31. The Bertz CT molecular complexity index is 873. The standard InChI is InChI=1S/C17H18FNO4S/c1-4-19-13-10(7-8-11(18)15(13)22-2)14(20)12(16(19)24-3)17(21)23-9-5-6-9/h7-9H,4-6H2,1-3H3. The van der Waals surface area contributed by atoms with Crippen molar-refractivity contribution in [3.63, 3.8) is 0 Å². The molecule has 3 rings (SSSR count). The molecule has 0 amide bonds. The van der Waals surface area contributed by atoms with E-state index in [4.69, 9.17) is 9.47 Å². The predicted molar refractivity (Wildman–Crippen MR) is 90.6 cm³/mol. The molecule has 1 aliphatic carbocycles. The van der Waals surface area contributed by atoms with E-state index < -0.39 is 17.2 Å². The normalized spacial score (nSPS) is 14.0. The molecule has 0 saturated heterocycles. The van der Waals surface area contributed by atoms with Gasteiger partial charge in [0.25, 0.3) is 0 Å². The molecular weight excluding hydrogens is 333 g/mol. The van der Waals surface area contributed by atoms with Gasteiger partial charge in [0, 0.05) is 6.54 Å². The number of ether oxygens (including phenoxy) is 2. The third-order valence-electron chi connectivity index (χ3n) is 4.00. The molecule has 0 radical (unpaired) electrons. The first-order valence-corrected chi connectivity index (χ1v) is 8.93. The van der Waals surface area contributed by atoms with E-state index in [9.17, 15) is 14.0 Å². The number of methoxy groups -OCH3 is 1. The van der Waals surface area contributed by atoms with Crippen LogP contribution in [0, 0.1) is 5.82 Å². The van der Waals surface area contributed by atoms with Gasteiger partial charge in [-0.1, -0.05) is 0 Å². The lowest BCUT2D eigenvalue weighted by atomic mass is 10.1. The summed E-state index contributed by atoms with van der Waals surface area (Å²) in [7, 11) is 1.36. The van der Waals surface area contributed by atoms with Gasteiger partial charge in [-0.2, -0.15) is 0 Å². The molecule has 1 aromatic heterocycles. The van der Waals surface area contributed by atoms with Crippen molar-refractivity contribution in [2.24, 2.45) is 0 Å². The average molecular weight is 351 g/mol. The number of pyridine rings is 1. The van der Waals surface area contributed by atoms with Gasteiger partial charge < -0.3 is 14.0 Å². The van der Waals surface area contributed by atoms with Crippen LogP contribution in [0.4, 0.5) is 4.39 Å². The lowest BCUT2D eigenvalue weighted by Crippen LogP contribution is -2.24. The van der Waals surface area contributed by atoms with Crippen LogP contribution in [-0.4, -0.2) is 30.0 Å². The van der Waals surface area contributed by atoms with Crippen molar-refractivity contribution in [2.45, 2.75) is 37.4 Å². The number of carbonyl (C=O) groups excluding carboxylic acids is 1. The minimum absolute atomic E-state index is 0.00357. The van der Waals surface area contributed by atoms with Crippen molar-refractivity contribution < 1.29 is 18.7 Å². The molecule has 1 aromatic carbocycles. The minimum atomic E-state index is -0.612. The fraction of sp³-hybridized carbons (Fsp3) is 0.412. The number of benzene rings is 1. The Morgan fingerprint density at radius 2 is 2.12 bits per heavy atom. The number of halogens is 1. The first-order valence-electron chi connectivity index (χ1n) is 7.71. The second-order valence-corrected chi connectivity index (χ2v) is 6.33. The van der Waals surface area contributed by atoms with Crippen molar-refractivity contribution in [1.82, 2.24) is 4.57 Å². The van der Waals surface area contributed by atoms with Crippen LogP contribution in [-0.2, 0) is 11.3 Å². The first-order chi connectivity index (χ1) is 11.5. The van der Waals surface area contributed by atoms with Gasteiger partial charge >= 0.3 is 5.97 Å². The summed E-state index contributed by atoms with van der Waals surface area (Å²) in [6.07, 6.45) is 3.33. The van der Waals surface area contributed by atoms with Crippen LogP contribution < -0.4 is 10.2 Å². The molecule has 2 aromatic rings. The van der Waals surface area contributed by atoms with Crippen LogP contribution in [0.2, 0.25) is 0 Å². The third-order valence-corrected chi connectivity index (χ3v) is 4.81. The summed E-state index contributed by atoms with van der Waals surface area (Å²) in [6, 6.07) is 2.57. The van der Waals surface area contributed by atoms with Crippen molar-refractivity contribution >= 4 is 28.6 Å². The topological polar surface area (TPSA) is 57.5 Å². The van der Waals surface area contributed by atoms with Crippen LogP contribution in [0.3, 0.4) is 0 Å². The maximum Gasteiger partial charge on any atom is 0.345 e. The van der Waals surface area contributed by atoms with E-state index in [2.05, 4.69) is 0 Å². The first kappa shape index (κ1) is 16.8. The molecule has 0 N–H and O–H groups in total. The molecule has 0 unspecified atom stereocenters. The molecule has 0 aliphatic heterocycles. The van der Waals surface area contributed by atoms with Gasteiger partial charge in [0.15, 0.2) is 11.6 Å². The summed E-state index contributed by atoms with van der Waals surface area (Å²) < 4.78 is 26.3. The zero-order valence-corrected chi connectivity index (χ0v) is 14.5. The molecule has 1 heterocycles. The Kier molecular flexibility index (Phi) is 4.54. The van der Waals surface area contributed by atoms with Gasteiger partial charge in [-0.3, -0.25) is 4.79 Å². The summed E-state index contributed by atoms with van der Waals surface area (Å²) in [5.74, 6) is -1.16. The molecular formula is C17H18FNO4S. The quantitative estimate of drug-likeness (QED) is 0.612. The van der Waals surface area contributed by atoms with Crippen LogP contribution in [0.1, 0.15) is 30.1 Å². The molecule has 1 aliphatic rings. The van der Waals surface area contributed by atoms with Crippen molar-refractivity contribution in [3.05, 3.63) is 33.7 Å². The van der Waals surface area contributed by atoms with E-state index in [0.717, 1.165) is 12.8 Å². The monoisotopic (exact) mass is 351 g/mol. The Morgan fingerprint density at radius 3 is 2.67 bits per heavy atom. The molecule has 1 fully saturated rings. The van der Waals surface area contributed by atoms with Gasteiger partial charge in [0.05, 0.1) is 23.0 Å². The summed E-state index contributed by atoms with van der Waals surface area (Å²) in [5.41, 5.74) is -0.0854. The lowest BCUT2D eigenvalue weighted by Gasteiger charge is -2.19. The Hall–Kier alpha value is -2.02. The van der Waals surface area contributed by atoms with E-state index in [1.807, 2.05) is 6.92 Å². The number of thioether (sulfide) groups is 1. The number of aryl methyl sites for hydroxylation is 1. The van der Waals surface area contributed by atoms with E-state index in [1.54, 1.807) is 10.8 Å². The second-order valence-electron chi connectivity index (χ2n) is 5.54. The Labute approximate surface area is 142 Å². The van der Waals surface area contributed by atoms with Crippen molar-refractivity contribution in [3.8, 4) is 5.75 Å². The Balaban J connectivity index is 2.37. The third kappa shape index (κ3) is 2.66. The van der Waals surface area contributed by atoms with Gasteiger partial charge in [-0.05, 0) is 38.2 Å². The van der Waals surface area contributed by atoms with Crippen LogP contribution in [0.25, 0.3) is 10.9 Å². The fourth-order valence-electron chi connectivity index (χ4n) is 2.75. The minimum Gasteiger partial charge on any atom is -0.492 e. The smallest absolute Gasteiger partial charge is 0.345 e. The number of hydrogen-bond acceptors (Lipinski definition) is 5. The fourth-order valence-corrected chi connectivity index (χ4v) is 3.57. The van der Waals surface area contributed by atoms with Gasteiger partial charge in [-0.15, -0.1) is 11.8 Å². The number of fused-ring (bicyclic) bond motifs is 1.